The Balaban J connectivity index is 0.00000225. The number of rotatable bonds is 1. The molecule has 0 N–H and O–H groups in total. The third kappa shape index (κ3) is 6.05. The van der Waals surface area contributed by atoms with Gasteiger partial charge in [0.1, 0.15) is 0 Å². The third-order valence-corrected chi connectivity index (χ3v) is 5.61. The smallest absolute Gasteiger partial charge is 1.00 e. The van der Waals surface area contributed by atoms with Gasteiger partial charge in [0, 0.05) is 29.9 Å². The second-order valence-corrected chi connectivity index (χ2v) is 7.41. The Morgan fingerprint density at radius 1 is 1.14 bits per heavy atom. The van der Waals surface area contributed by atoms with E-state index in [1.807, 2.05) is 25.3 Å². The fraction of sp³-hybridized carbons (Fsp3) is 0.364. The van der Waals surface area contributed by atoms with Crippen LogP contribution in [-0.4, -0.2) is 35.7 Å². The van der Waals surface area contributed by atoms with Gasteiger partial charge in [-0.15, -0.1) is 0 Å². The van der Waals surface area contributed by atoms with Crippen LogP contribution in [0.4, 0.5) is 4.79 Å². The van der Waals surface area contributed by atoms with Crippen molar-refractivity contribution in [3.8, 4) is 0 Å². The molecule has 144 valence electrons. The Kier molecular flexibility index (Phi) is 11.1. The number of hydrogen-bond donors (Lipinski definition) is 0. The largest absolute Gasteiger partial charge is 1.00 e. The molecule has 2 aromatic rings. The van der Waals surface area contributed by atoms with Gasteiger partial charge in [0.15, 0.2) is 0 Å². The zero-order valence-corrected chi connectivity index (χ0v) is 24.5. The average Bonchev–Trinajstić information content (AvgIpc) is 2.85. The first-order valence-electron chi connectivity index (χ1n) is 9.54. The van der Waals surface area contributed by atoms with Crippen molar-refractivity contribution in [2.45, 2.75) is 32.6 Å². The SMILES string of the molecule is CCOC(=O)N1CCC(=C2c3ccc(Cl)cc3CCc3cccnc32)CC1.[H-].[H-].[K+].[K+]. The van der Waals surface area contributed by atoms with Gasteiger partial charge in [-0.1, -0.05) is 29.3 Å². The van der Waals surface area contributed by atoms with E-state index in [1.54, 1.807) is 4.90 Å². The van der Waals surface area contributed by atoms with Crippen molar-refractivity contribution in [2.75, 3.05) is 19.7 Å². The van der Waals surface area contributed by atoms with Gasteiger partial charge in [-0.25, -0.2) is 4.79 Å². The minimum absolute atomic E-state index is 0. The number of carbonyl (C=O) groups excluding carboxylic acids is 1. The van der Waals surface area contributed by atoms with Gasteiger partial charge in [-0.05, 0) is 67.5 Å². The van der Waals surface area contributed by atoms with E-state index in [1.165, 1.54) is 27.8 Å². The van der Waals surface area contributed by atoms with E-state index in [-0.39, 0.29) is 112 Å². The Bertz CT molecular complexity index is 918. The summed E-state index contributed by atoms with van der Waals surface area (Å²) in [5.74, 6) is 0. The fourth-order valence-electron chi connectivity index (χ4n) is 4.06. The van der Waals surface area contributed by atoms with Crippen LogP contribution in [0.1, 0.15) is 45.0 Å². The molecule has 2 aliphatic rings. The van der Waals surface area contributed by atoms with Gasteiger partial charge < -0.3 is 12.5 Å². The van der Waals surface area contributed by atoms with Gasteiger partial charge in [0.05, 0.1) is 12.3 Å². The van der Waals surface area contributed by atoms with Crippen LogP contribution < -0.4 is 103 Å². The molecule has 2 heterocycles. The van der Waals surface area contributed by atoms with Crippen molar-refractivity contribution in [3.63, 3.8) is 0 Å². The summed E-state index contributed by atoms with van der Waals surface area (Å²) in [6.45, 7) is 3.62. The van der Waals surface area contributed by atoms with E-state index in [0.717, 1.165) is 36.4 Å². The van der Waals surface area contributed by atoms with Crippen LogP contribution in [0.2, 0.25) is 5.02 Å². The van der Waals surface area contributed by atoms with Crippen LogP contribution in [0.25, 0.3) is 5.57 Å². The number of nitrogens with zero attached hydrogens (tertiary/aromatic N) is 2. The number of hydrogen-bond acceptors (Lipinski definition) is 3. The Hall–Kier alpha value is 0.943. The minimum atomic E-state index is -0.215. The molecule has 0 atom stereocenters. The molecular weight excluding hydrogens is 438 g/mol. The van der Waals surface area contributed by atoms with Crippen molar-refractivity contribution in [2.24, 2.45) is 0 Å². The number of piperidine rings is 1. The maximum Gasteiger partial charge on any atom is 1.00 e. The summed E-state index contributed by atoms with van der Waals surface area (Å²) in [5, 5.41) is 0.772. The summed E-state index contributed by atoms with van der Waals surface area (Å²) in [4.78, 5) is 18.6. The number of aryl methyl sites for hydroxylation is 2. The number of halogens is 1. The Labute approximate surface area is 265 Å². The maximum absolute atomic E-state index is 12.0. The van der Waals surface area contributed by atoms with Crippen LogP contribution in [0, 0.1) is 0 Å². The first-order chi connectivity index (χ1) is 13.2. The standard InChI is InChI=1S/C22H23ClN2O2.2K.2H/c1-2-27-22(26)25-12-9-15(10-13-25)20-19-8-7-18(23)14-17(19)6-5-16-4-3-11-24-21(16)20;;;;/h3-4,7-8,11,14H,2,5-6,9-10,12-13H2,1H3;;;;/q;2*+1;2*-1. The van der Waals surface area contributed by atoms with E-state index in [4.69, 9.17) is 21.3 Å². The second kappa shape index (κ2) is 12.3. The number of ether oxygens (including phenoxy) is 1. The zero-order chi connectivity index (χ0) is 18.8. The first kappa shape index (κ1) is 26.2. The van der Waals surface area contributed by atoms with Gasteiger partial charge in [0.25, 0.3) is 0 Å². The van der Waals surface area contributed by atoms with E-state index < -0.39 is 0 Å². The van der Waals surface area contributed by atoms with Gasteiger partial charge in [-0.2, -0.15) is 0 Å². The van der Waals surface area contributed by atoms with Gasteiger partial charge >= 0.3 is 109 Å². The zero-order valence-electron chi connectivity index (χ0n) is 19.5. The summed E-state index contributed by atoms with van der Waals surface area (Å²) in [6.07, 6.45) is 5.25. The molecule has 1 fully saturated rings. The number of aromatic nitrogens is 1. The van der Waals surface area contributed by atoms with Crippen molar-refractivity contribution < 1.29 is 115 Å². The van der Waals surface area contributed by atoms with E-state index in [2.05, 4.69) is 18.2 Å². The molecule has 1 aromatic carbocycles. The van der Waals surface area contributed by atoms with Crippen molar-refractivity contribution >= 4 is 23.3 Å². The quantitative estimate of drug-likeness (QED) is 0.517. The summed E-state index contributed by atoms with van der Waals surface area (Å²) in [7, 11) is 0. The Morgan fingerprint density at radius 3 is 2.59 bits per heavy atom. The summed E-state index contributed by atoms with van der Waals surface area (Å²) < 4.78 is 5.15. The van der Waals surface area contributed by atoms with Crippen molar-refractivity contribution in [3.05, 3.63) is 69.5 Å². The molecule has 0 bridgehead atoms. The number of carbonyl (C=O) groups is 1. The molecule has 0 saturated carbocycles. The maximum atomic E-state index is 12.0. The molecule has 29 heavy (non-hydrogen) atoms. The molecule has 0 unspecified atom stereocenters. The van der Waals surface area contributed by atoms with Crippen LogP contribution in [-0.2, 0) is 17.6 Å². The van der Waals surface area contributed by atoms with Gasteiger partial charge in [0.2, 0.25) is 0 Å². The normalized spacial score (nSPS) is 15.3. The van der Waals surface area contributed by atoms with Crippen molar-refractivity contribution in [1.82, 2.24) is 9.88 Å². The van der Waals surface area contributed by atoms with Gasteiger partial charge in [-0.3, -0.25) is 4.98 Å². The van der Waals surface area contributed by atoms with Crippen LogP contribution >= 0.6 is 11.6 Å². The molecule has 1 amide bonds. The van der Waals surface area contributed by atoms with E-state index >= 15 is 0 Å². The molecule has 0 spiro atoms. The summed E-state index contributed by atoms with van der Waals surface area (Å²) in [6, 6.07) is 10.3. The summed E-state index contributed by atoms with van der Waals surface area (Å²) in [5.41, 5.74) is 7.46. The number of pyridine rings is 1. The van der Waals surface area contributed by atoms with Crippen LogP contribution in [0.3, 0.4) is 0 Å². The molecule has 1 aliphatic heterocycles. The topological polar surface area (TPSA) is 42.4 Å². The minimum Gasteiger partial charge on any atom is -1.00 e. The third-order valence-electron chi connectivity index (χ3n) is 5.37. The predicted molar refractivity (Wildman–Crippen MR) is 109 cm³/mol. The fourth-order valence-corrected chi connectivity index (χ4v) is 4.25. The number of benzene rings is 1. The van der Waals surface area contributed by atoms with Crippen LogP contribution in [0.15, 0.2) is 42.1 Å². The molecule has 4 nitrogen and oxygen atoms in total. The molecule has 7 heteroatoms. The molecule has 1 aliphatic carbocycles. The monoisotopic (exact) mass is 462 g/mol. The number of likely N-dealkylation sites (tertiary alicyclic amines) is 1. The average molecular weight is 463 g/mol. The summed E-state index contributed by atoms with van der Waals surface area (Å²) >= 11 is 6.27. The second-order valence-electron chi connectivity index (χ2n) is 6.98. The van der Waals surface area contributed by atoms with Crippen molar-refractivity contribution in [1.29, 1.82) is 0 Å². The molecular formula is C22H25ClK2N2O2. The van der Waals surface area contributed by atoms with Crippen LogP contribution in [0.5, 0.6) is 0 Å². The number of amides is 1. The van der Waals surface area contributed by atoms with E-state index in [0.29, 0.717) is 19.7 Å². The predicted octanol–water partition coefficient (Wildman–Crippen LogP) is -0.879. The molecule has 4 rings (SSSR count). The number of fused-ring (bicyclic) bond motifs is 2. The first-order valence-corrected chi connectivity index (χ1v) is 9.92. The van der Waals surface area contributed by atoms with E-state index in [9.17, 15) is 4.79 Å². The Morgan fingerprint density at radius 2 is 1.86 bits per heavy atom. The molecule has 1 saturated heterocycles. The molecule has 1 aromatic heterocycles. The molecule has 0 radical (unpaired) electrons.